The number of rotatable bonds is 7. The summed E-state index contributed by atoms with van der Waals surface area (Å²) in [4.78, 5) is 22.5. The number of nitrogens with one attached hydrogen (secondary N) is 1. The highest BCUT2D eigenvalue weighted by molar-refractivity contribution is 5.75. The molecule has 0 aliphatic heterocycles. The Labute approximate surface area is 123 Å². The maximum Gasteiger partial charge on any atom is 0.407 e. The van der Waals surface area contributed by atoms with Crippen molar-refractivity contribution in [3.05, 3.63) is 35.9 Å². The standard InChI is InChI=1S/C15H21NO5/c1-10(2)8-12(13(17)14(18)19)16-15(20)21-9-11-6-4-3-5-7-11/h3-7,10,12-13,17H,8-9H2,1-2H3,(H,16,20)(H,18,19). The number of aliphatic hydroxyl groups excluding tert-OH is 1. The van der Waals surface area contributed by atoms with Crippen LogP contribution in [-0.2, 0) is 16.1 Å². The number of amides is 1. The summed E-state index contributed by atoms with van der Waals surface area (Å²) in [5.41, 5.74) is 0.826. The highest BCUT2D eigenvalue weighted by Gasteiger charge is 2.28. The molecule has 0 aliphatic carbocycles. The maximum absolute atomic E-state index is 11.7. The molecule has 0 bridgehead atoms. The van der Waals surface area contributed by atoms with Gasteiger partial charge in [-0.25, -0.2) is 9.59 Å². The van der Waals surface area contributed by atoms with Crippen molar-refractivity contribution in [2.45, 2.75) is 39.0 Å². The lowest BCUT2D eigenvalue weighted by molar-refractivity contribution is -0.148. The first-order chi connectivity index (χ1) is 9.90. The van der Waals surface area contributed by atoms with Crippen LogP contribution in [0.15, 0.2) is 30.3 Å². The number of aliphatic hydroxyl groups is 1. The van der Waals surface area contributed by atoms with Crippen LogP contribution in [-0.4, -0.2) is 34.4 Å². The first-order valence-corrected chi connectivity index (χ1v) is 6.78. The maximum atomic E-state index is 11.7. The number of alkyl carbamates (subject to hydrolysis) is 1. The average Bonchev–Trinajstić information content (AvgIpc) is 2.44. The van der Waals surface area contributed by atoms with Gasteiger partial charge in [0.25, 0.3) is 0 Å². The van der Waals surface area contributed by atoms with Gasteiger partial charge in [0.05, 0.1) is 6.04 Å². The Balaban J connectivity index is 2.53. The lowest BCUT2D eigenvalue weighted by Crippen LogP contribution is -2.47. The fraction of sp³-hybridized carbons (Fsp3) is 0.467. The number of benzene rings is 1. The highest BCUT2D eigenvalue weighted by Crippen LogP contribution is 2.09. The number of carboxylic acid groups (broad SMARTS) is 1. The van der Waals surface area contributed by atoms with Gasteiger partial charge in [0.15, 0.2) is 6.10 Å². The van der Waals surface area contributed by atoms with Crippen molar-refractivity contribution in [2.24, 2.45) is 5.92 Å². The van der Waals surface area contributed by atoms with E-state index >= 15 is 0 Å². The summed E-state index contributed by atoms with van der Waals surface area (Å²) in [6, 6.07) is 8.24. The first kappa shape index (κ1) is 17.0. The lowest BCUT2D eigenvalue weighted by Gasteiger charge is -2.22. The largest absolute Gasteiger partial charge is 0.479 e. The van der Waals surface area contributed by atoms with E-state index in [1.54, 1.807) is 0 Å². The molecular weight excluding hydrogens is 274 g/mol. The second-order valence-corrected chi connectivity index (χ2v) is 5.23. The zero-order chi connectivity index (χ0) is 15.8. The van der Waals surface area contributed by atoms with E-state index in [9.17, 15) is 14.7 Å². The van der Waals surface area contributed by atoms with Crippen LogP contribution in [0.2, 0.25) is 0 Å². The van der Waals surface area contributed by atoms with Crippen molar-refractivity contribution in [1.82, 2.24) is 5.32 Å². The van der Waals surface area contributed by atoms with Crippen molar-refractivity contribution in [2.75, 3.05) is 0 Å². The van der Waals surface area contributed by atoms with Gasteiger partial charge < -0.3 is 20.3 Å². The van der Waals surface area contributed by atoms with E-state index in [2.05, 4.69) is 5.32 Å². The molecule has 1 aromatic rings. The van der Waals surface area contributed by atoms with Crippen LogP contribution in [0.25, 0.3) is 0 Å². The summed E-state index contributed by atoms with van der Waals surface area (Å²) in [7, 11) is 0. The third-order valence-electron chi connectivity index (χ3n) is 2.88. The topological polar surface area (TPSA) is 95.9 Å². The Morgan fingerprint density at radius 1 is 1.24 bits per heavy atom. The summed E-state index contributed by atoms with van der Waals surface area (Å²) in [5, 5.41) is 20.9. The number of aliphatic carboxylic acids is 1. The molecule has 116 valence electrons. The smallest absolute Gasteiger partial charge is 0.407 e. The van der Waals surface area contributed by atoms with Crippen LogP contribution in [0.1, 0.15) is 25.8 Å². The van der Waals surface area contributed by atoms with Crippen LogP contribution < -0.4 is 5.32 Å². The van der Waals surface area contributed by atoms with E-state index < -0.39 is 24.2 Å². The van der Waals surface area contributed by atoms with Crippen LogP contribution in [0.5, 0.6) is 0 Å². The van der Waals surface area contributed by atoms with Crippen LogP contribution in [0.4, 0.5) is 4.79 Å². The van der Waals surface area contributed by atoms with Crippen molar-refractivity contribution < 1.29 is 24.5 Å². The Morgan fingerprint density at radius 3 is 2.38 bits per heavy atom. The molecule has 0 saturated carbocycles. The minimum Gasteiger partial charge on any atom is -0.479 e. The average molecular weight is 295 g/mol. The Bertz CT molecular complexity index is 460. The van der Waals surface area contributed by atoms with Crippen molar-refractivity contribution >= 4 is 12.1 Å². The van der Waals surface area contributed by atoms with Gasteiger partial charge >= 0.3 is 12.1 Å². The van der Waals surface area contributed by atoms with E-state index in [-0.39, 0.29) is 12.5 Å². The molecule has 0 saturated heterocycles. The molecule has 1 amide bonds. The molecule has 2 unspecified atom stereocenters. The number of ether oxygens (including phenoxy) is 1. The van der Waals surface area contributed by atoms with Crippen molar-refractivity contribution in [3.8, 4) is 0 Å². The fourth-order valence-corrected chi connectivity index (χ4v) is 1.86. The SMILES string of the molecule is CC(C)CC(NC(=O)OCc1ccccc1)C(O)C(=O)O. The molecule has 2 atom stereocenters. The molecule has 0 spiro atoms. The number of hydrogen-bond acceptors (Lipinski definition) is 4. The summed E-state index contributed by atoms with van der Waals surface area (Å²) in [5.74, 6) is -1.25. The van der Waals surface area contributed by atoms with Crippen molar-refractivity contribution in [3.63, 3.8) is 0 Å². The molecule has 0 radical (unpaired) electrons. The zero-order valence-electron chi connectivity index (χ0n) is 12.2. The van der Waals surface area contributed by atoms with Gasteiger partial charge in [0.1, 0.15) is 6.61 Å². The second kappa shape index (κ2) is 8.26. The van der Waals surface area contributed by atoms with Gasteiger partial charge in [0.2, 0.25) is 0 Å². The van der Waals surface area contributed by atoms with Gasteiger partial charge in [-0.05, 0) is 17.9 Å². The van der Waals surface area contributed by atoms with Crippen molar-refractivity contribution in [1.29, 1.82) is 0 Å². The molecule has 3 N–H and O–H groups in total. The monoisotopic (exact) mass is 295 g/mol. The molecule has 0 aromatic heterocycles. The highest BCUT2D eigenvalue weighted by atomic mass is 16.5. The van der Waals surface area contributed by atoms with Crippen LogP contribution >= 0.6 is 0 Å². The molecule has 21 heavy (non-hydrogen) atoms. The minimum absolute atomic E-state index is 0.0875. The van der Waals surface area contributed by atoms with Gasteiger partial charge in [-0.3, -0.25) is 0 Å². The fourth-order valence-electron chi connectivity index (χ4n) is 1.86. The molecule has 0 fully saturated rings. The van der Waals surface area contributed by atoms with Gasteiger partial charge in [-0.1, -0.05) is 44.2 Å². The zero-order valence-corrected chi connectivity index (χ0v) is 12.2. The van der Waals surface area contributed by atoms with E-state index in [0.29, 0.717) is 6.42 Å². The second-order valence-electron chi connectivity index (χ2n) is 5.23. The third kappa shape index (κ3) is 6.27. The van der Waals surface area contributed by atoms with Gasteiger partial charge in [0, 0.05) is 0 Å². The molecule has 0 aliphatic rings. The van der Waals surface area contributed by atoms with E-state index in [4.69, 9.17) is 9.84 Å². The summed E-state index contributed by atoms with van der Waals surface area (Å²) in [6.45, 7) is 3.83. The summed E-state index contributed by atoms with van der Waals surface area (Å²) >= 11 is 0. The first-order valence-electron chi connectivity index (χ1n) is 6.78. The third-order valence-corrected chi connectivity index (χ3v) is 2.88. The predicted molar refractivity (Wildman–Crippen MR) is 76.6 cm³/mol. The molecule has 6 nitrogen and oxygen atoms in total. The van der Waals surface area contributed by atoms with E-state index in [1.807, 2.05) is 44.2 Å². The number of carbonyl (C=O) groups is 2. The molecule has 1 aromatic carbocycles. The summed E-state index contributed by atoms with van der Waals surface area (Å²) in [6.07, 6.45) is -2.06. The minimum atomic E-state index is -1.66. The molecule has 1 rings (SSSR count). The van der Waals surface area contributed by atoms with E-state index in [1.165, 1.54) is 0 Å². The molecular formula is C15H21NO5. The van der Waals surface area contributed by atoms with Gasteiger partial charge in [-0.2, -0.15) is 0 Å². The number of hydrogen-bond donors (Lipinski definition) is 3. The Morgan fingerprint density at radius 2 is 1.86 bits per heavy atom. The van der Waals surface area contributed by atoms with Gasteiger partial charge in [-0.15, -0.1) is 0 Å². The normalized spacial score (nSPS) is 13.5. The predicted octanol–water partition coefficient (Wildman–Crippen LogP) is 1.77. The van der Waals surface area contributed by atoms with Crippen LogP contribution in [0.3, 0.4) is 0 Å². The Hall–Kier alpha value is -2.08. The quantitative estimate of drug-likeness (QED) is 0.712. The van der Waals surface area contributed by atoms with Crippen LogP contribution in [0, 0.1) is 5.92 Å². The number of carbonyl (C=O) groups excluding carboxylic acids is 1. The molecule has 0 heterocycles. The molecule has 6 heteroatoms. The summed E-state index contributed by atoms with van der Waals surface area (Å²) < 4.78 is 5.02. The Kier molecular flexibility index (Phi) is 6.68. The van der Waals surface area contributed by atoms with E-state index in [0.717, 1.165) is 5.56 Å². The number of carboxylic acids is 1. The lowest BCUT2D eigenvalue weighted by atomic mass is 9.99.